The van der Waals surface area contributed by atoms with Gasteiger partial charge in [0.25, 0.3) is 5.91 Å². The fourth-order valence-corrected chi connectivity index (χ4v) is 5.15. The fraction of sp³-hybridized carbons (Fsp3) is 0.462. The quantitative estimate of drug-likeness (QED) is 0.677. The number of carbonyl (C=O) groups excluding carboxylic acids is 1. The first kappa shape index (κ1) is 23.6. The summed E-state index contributed by atoms with van der Waals surface area (Å²) in [4.78, 5) is 28.9. The van der Waals surface area contributed by atoms with Crippen molar-refractivity contribution in [1.29, 1.82) is 0 Å². The van der Waals surface area contributed by atoms with Gasteiger partial charge in [-0.25, -0.2) is 4.79 Å². The average molecular weight is 471 g/mol. The highest BCUT2D eigenvalue weighted by Gasteiger charge is 2.34. The van der Waals surface area contributed by atoms with Crippen LogP contribution in [0.4, 0.5) is 0 Å². The van der Waals surface area contributed by atoms with E-state index in [1.54, 1.807) is 24.3 Å². The Labute approximate surface area is 200 Å². The van der Waals surface area contributed by atoms with Crippen LogP contribution in [0.1, 0.15) is 63.9 Å². The van der Waals surface area contributed by atoms with Crippen molar-refractivity contribution in [2.24, 2.45) is 0 Å². The molecule has 0 bridgehead atoms. The molecule has 176 valence electrons. The minimum atomic E-state index is -0.935. The minimum Gasteiger partial charge on any atom is -0.489 e. The molecule has 1 saturated carbocycles. The van der Waals surface area contributed by atoms with Gasteiger partial charge in [0.05, 0.1) is 5.56 Å². The molecule has 0 aromatic heterocycles. The number of rotatable bonds is 6. The molecule has 6 nitrogen and oxygen atoms in total. The molecule has 1 saturated heterocycles. The van der Waals surface area contributed by atoms with E-state index in [1.165, 1.54) is 19.3 Å². The van der Waals surface area contributed by atoms with Gasteiger partial charge in [-0.3, -0.25) is 4.79 Å². The van der Waals surface area contributed by atoms with Crippen LogP contribution in [0.5, 0.6) is 5.75 Å². The zero-order valence-corrected chi connectivity index (χ0v) is 19.6. The lowest BCUT2D eigenvalue weighted by atomic mass is 9.88. The molecule has 1 aliphatic carbocycles. The molecule has 1 amide bonds. The number of nitrogens with zero attached hydrogens (tertiary/aromatic N) is 2. The highest BCUT2D eigenvalue weighted by atomic mass is 35.5. The van der Waals surface area contributed by atoms with Crippen molar-refractivity contribution in [1.82, 2.24) is 9.80 Å². The van der Waals surface area contributed by atoms with E-state index in [1.807, 2.05) is 18.2 Å². The summed E-state index contributed by atoms with van der Waals surface area (Å²) in [5, 5.41) is 9.00. The largest absolute Gasteiger partial charge is 0.489 e. The first-order chi connectivity index (χ1) is 15.6. The number of ether oxygens (including phenoxy) is 1. The number of carboxylic acid groups (broad SMARTS) is 1. The van der Waals surface area contributed by atoms with Gasteiger partial charge in [0.15, 0.2) is 0 Å². The van der Waals surface area contributed by atoms with Crippen LogP contribution in [-0.2, 0) is 13.0 Å². The maximum Gasteiger partial charge on any atom is 0.335 e. The first-order valence-corrected chi connectivity index (χ1v) is 11.7. The summed E-state index contributed by atoms with van der Waals surface area (Å²) in [6, 6.07) is 13.6. The molecule has 1 N–H and O–H groups in total. The van der Waals surface area contributed by atoms with Gasteiger partial charge in [0.1, 0.15) is 12.4 Å². The zero-order chi connectivity index (χ0) is 22.1. The van der Waals surface area contributed by atoms with Crippen LogP contribution in [0.2, 0.25) is 0 Å². The van der Waals surface area contributed by atoms with Crippen LogP contribution >= 0.6 is 12.4 Å². The van der Waals surface area contributed by atoms with E-state index in [0.717, 1.165) is 67.4 Å². The Hall–Kier alpha value is -2.57. The average Bonchev–Trinajstić information content (AvgIpc) is 2.78. The molecule has 2 heterocycles. The molecule has 0 spiro atoms. The third-order valence-corrected chi connectivity index (χ3v) is 7.33. The molecule has 2 aliphatic heterocycles. The van der Waals surface area contributed by atoms with Gasteiger partial charge in [-0.2, -0.15) is 0 Å². The number of likely N-dealkylation sites (tertiary alicyclic amines) is 1. The van der Waals surface area contributed by atoms with Gasteiger partial charge in [-0.15, -0.1) is 12.4 Å². The second kappa shape index (κ2) is 10.1. The Morgan fingerprint density at radius 3 is 2.33 bits per heavy atom. The topological polar surface area (TPSA) is 70.1 Å². The molecule has 7 heteroatoms. The lowest BCUT2D eigenvalue weighted by molar-refractivity contribution is 0.0414. The van der Waals surface area contributed by atoms with Crippen molar-refractivity contribution in [3.63, 3.8) is 0 Å². The second-order valence-corrected chi connectivity index (χ2v) is 9.21. The van der Waals surface area contributed by atoms with Crippen LogP contribution in [-0.4, -0.2) is 58.5 Å². The van der Waals surface area contributed by atoms with E-state index < -0.39 is 5.97 Å². The number of halogens is 1. The lowest BCUT2D eigenvalue weighted by Gasteiger charge is -2.45. The molecule has 3 aliphatic rings. The number of hydrogen-bond acceptors (Lipinski definition) is 4. The molecule has 0 unspecified atom stereocenters. The number of carboxylic acids is 1. The molecular weight excluding hydrogens is 440 g/mol. The van der Waals surface area contributed by atoms with Gasteiger partial charge < -0.3 is 19.6 Å². The smallest absolute Gasteiger partial charge is 0.335 e. The van der Waals surface area contributed by atoms with Crippen LogP contribution < -0.4 is 4.74 Å². The summed E-state index contributed by atoms with van der Waals surface area (Å²) in [6.45, 7) is 3.37. The van der Waals surface area contributed by atoms with E-state index in [4.69, 9.17) is 9.84 Å². The molecule has 0 radical (unpaired) electrons. The van der Waals surface area contributed by atoms with Crippen LogP contribution in [0.3, 0.4) is 0 Å². The summed E-state index contributed by atoms with van der Waals surface area (Å²) in [6.07, 6.45) is 7.08. The minimum absolute atomic E-state index is 0. The summed E-state index contributed by atoms with van der Waals surface area (Å²) in [5.41, 5.74) is 3.02. The van der Waals surface area contributed by atoms with E-state index in [9.17, 15) is 9.59 Å². The normalized spacial score (nSPS) is 19.4. The number of aromatic carboxylic acids is 1. The SMILES string of the molecule is Cl.O=C(O)c1ccc(COc2ccc3c(c2)CCN(C2CCN(C4CCC4)CC2)C3=O)cc1. The lowest BCUT2D eigenvalue weighted by Crippen LogP contribution is -2.52. The number of amides is 1. The number of fused-ring (bicyclic) bond motifs is 1. The van der Waals surface area contributed by atoms with Crippen molar-refractivity contribution >= 4 is 24.3 Å². The molecular formula is C26H31ClN2O4. The molecule has 2 fully saturated rings. The van der Waals surface area contributed by atoms with Crippen molar-refractivity contribution in [3.05, 3.63) is 64.7 Å². The fourth-order valence-electron chi connectivity index (χ4n) is 5.15. The molecule has 2 aromatic rings. The second-order valence-electron chi connectivity index (χ2n) is 9.21. The molecule has 5 rings (SSSR count). The van der Waals surface area contributed by atoms with Gasteiger partial charge in [0.2, 0.25) is 0 Å². The summed E-state index contributed by atoms with van der Waals surface area (Å²) < 4.78 is 5.91. The molecule has 33 heavy (non-hydrogen) atoms. The van der Waals surface area contributed by atoms with Gasteiger partial charge in [0, 0.05) is 37.3 Å². The van der Waals surface area contributed by atoms with E-state index in [-0.39, 0.29) is 23.9 Å². The van der Waals surface area contributed by atoms with Crippen molar-refractivity contribution in [2.75, 3.05) is 19.6 Å². The number of carbonyl (C=O) groups is 2. The summed E-state index contributed by atoms with van der Waals surface area (Å²) in [7, 11) is 0. The van der Waals surface area contributed by atoms with E-state index in [2.05, 4.69) is 9.80 Å². The Morgan fingerprint density at radius 1 is 0.970 bits per heavy atom. The van der Waals surface area contributed by atoms with E-state index >= 15 is 0 Å². The Balaban J connectivity index is 0.00000259. The monoisotopic (exact) mass is 470 g/mol. The molecule has 2 aromatic carbocycles. The maximum atomic E-state index is 13.2. The molecule has 0 atom stereocenters. The Kier molecular flexibility index (Phi) is 7.25. The highest BCUT2D eigenvalue weighted by Crippen LogP contribution is 2.31. The number of benzene rings is 2. The zero-order valence-electron chi connectivity index (χ0n) is 18.7. The summed E-state index contributed by atoms with van der Waals surface area (Å²) in [5.74, 6) is -0.0416. The predicted octanol–water partition coefficient (Wildman–Crippen LogP) is 4.40. The Morgan fingerprint density at radius 2 is 1.70 bits per heavy atom. The van der Waals surface area contributed by atoms with Crippen LogP contribution in [0.15, 0.2) is 42.5 Å². The predicted molar refractivity (Wildman–Crippen MR) is 128 cm³/mol. The standard InChI is InChI=1S/C26H30N2O4.ClH/c29-25-24-9-8-23(32-17-18-4-6-19(7-5-18)26(30)31)16-20(24)10-15-28(25)22-11-13-27(14-12-22)21-2-1-3-21;/h4-9,16,21-22H,1-3,10-15,17H2,(H,30,31);1H. The van der Waals surface area contributed by atoms with Crippen molar-refractivity contribution < 1.29 is 19.4 Å². The van der Waals surface area contributed by atoms with Gasteiger partial charge in [-0.05, 0) is 73.6 Å². The van der Waals surface area contributed by atoms with Crippen molar-refractivity contribution in [3.8, 4) is 5.75 Å². The highest BCUT2D eigenvalue weighted by molar-refractivity contribution is 5.97. The third kappa shape index (κ3) is 5.02. The van der Waals surface area contributed by atoms with Crippen molar-refractivity contribution in [2.45, 2.75) is 57.2 Å². The maximum absolute atomic E-state index is 13.2. The van der Waals surface area contributed by atoms with Crippen LogP contribution in [0, 0.1) is 0 Å². The van der Waals surface area contributed by atoms with Gasteiger partial charge in [-0.1, -0.05) is 18.6 Å². The summed E-state index contributed by atoms with van der Waals surface area (Å²) >= 11 is 0. The number of piperidine rings is 1. The van der Waals surface area contributed by atoms with Gasteiger partial charge >= 0.3 is 5.97 Å². The van der Waals surface area contributed by atoms with E-state index in [0.29, 0.717) is 12.6 Å². The first-order valence-electron chi connectivity index (χ1n) is 11.7. The number of hydrogen-bond donors (Lipinski definition) is 1. The van der Waals surface area contributed by atoms with Crippen LogP contribution in [0.25, 0.3) is 0 Å². The third-order valence-electron chi connectivity index (χ3n) is 7.33. The Bertz CT molecular complexity index is 998.